The zero-order chi connectivity index (χ0) is 14.2. The van der Waals surface area contributed by atoms with E-state index in [4.69, 9.17) is 5.11 Å². The smallest absolute Gasteiger partial charge is 0.313 e. The van der Waals surface area contributed by atoms with Gasteiger partial charge in [-0.2, -0.15) is 5.10 Å². The average Bonchev–Trinajstić information content (AvgIpc) is 2.64. The molecule has 0 saturated heterocycles. The topological polar surface area (TPSA) is 105 Å². The Morgan fingerprint density at radius 3 is 2.53 bits per heavy atom. The summed E-state index contributed by atoms with van der Waals surface area (Å²) in [5.74, 6) is -3.51. The molecule has 0 fully saturated rings. The summed E-state index contributed by atoms with van der Waals surface area (Å²) in [6.07, 6.45) is -0.493. The van der Waals surface area contributed by atoms with Gasteiger partial charge in [-0.1, -0.05) is 0 Å². The average molecular weight is 263 g/mol. The molecule has 0 aliphatic rings. The molecule has 7 nitrogen and oxygen atoms in total. The summed E-state index contributed by atoms with van der Waals surface area (Å²) in [6, 6.07) is 3.28. The van der Waals surface area contributed by atoms with Gasteiger partial charge in [-0.3, -0.25) is 9.59 Å². The summed E-state index contributed by atoms with van der Waals surface area (Å²) in [4.78, 5) is 26.3. The maximum absolute atomic E-state index is 11.3. The lowest BCUT2D eigenvalue weighted by molar-refractivity contribution is -0.145. The number of carbonyl (C=O) groups is 2. The molecular weight excluding hydrogens is 250 g/mol. The molecule has 2 aromatic rings. The summed E-state index contributed by atoms with van der Waals surface area (Å²) in [5, 5.41) is 22.2. The first-order valence-corrected chi connectivity index (χ1v) is 5.67. The highest BCUT2D eigenvalue weighted by molar-refractivity contribution is 5.82. The van der Waals surface area contributed by atoms with Crippen LogP contribution in [-0.2, 0) is 9.59 Å². The van der Waals surface area contributed by atoms with Crippen LogP contribution in [0.1, 0.15) is 29.4 Å². The van der Waals surface area contributed by atoms with Crippen molar-refractivity contribution in [3.63, 3.8) is 0 Å². The Morgan fingerprint density at radius 1 is 1.26 bits per heavy atom. The number of nitrogens with zero attached hydrogens (tertiary/aromatic N) is 3. The molecule has 2 heterocycles. The highest BCUT2D eigenvalue weighted by atomic mass is 16.4. The van der Waals surface area contributed by atoms with E-state index in [0.29, 0.717) is 22.7 Å². The van der Waals surface area contributed by atoms with Crippen molar-refractivity contribution in [3.8, 4) is 0 Å². The zero-order valence-corrected chi connectivity index (χ0v) is 10.5. The van der Waals surface area contributed by atoms with Crippen molar-refractivity contribution >= 4 is 17.6 Å². The number of hydrogen-bond donors (Lipinski definition) is 2. The van der Waals surface area contributed by atoms with Crippen molar-refractivity contribution in [2.75, 3.05) is 0 Å². The fraction of sp³-hybridized carbons (Fsp3) is 0.333. The van der Waals surface area contributed by atoms with E-state index in [1.54, 1.807) is 26.0 Å². The van der Waals surface area contributed by atoms with Crippen molar-refractivity contribution in [1.29, 1.82) is 0 Å². The molecule has 0 bridgehead atoms. The van der Waals surface area contributed by atoms with Gasteiger partial charge in [0.25, 0.3) is 0 Å². The minimum absolute atomic E-state index is 0.325. The Balaban J connectivity index is 2.63. The summed E-state index contributed by atoms with van der Waals surface area (Å²) >= 11 is 0. The zero-order valence-electron chi connectivity index (χ0n) is 10.5. The van der Waals surface area contributed by atoms with E-state index in [0.717, 1.165) is 0 Å². The molecule has 0 aliphatic heterocycles. The lowest BCUT2D eigenvalue weighted by Crippen LogP contribution is -2.19. The van der Waals surface area contributed by atoms with Crippen molar-refractivity contribution < 1.29 is 19.8 Å². The third kappa shape index (κ3) is 2.54. The molecule has 0 spiro atoms. The number of aryl methyl sites for hydroxylation is 2. The van der Waals surface area contributed by atoms with Crippen LogP contribution >= 0.6 is 0 Å². The normalized spacial score (nSPS) is 12.5. The van der Waals surface area contributed by atoms with Crippen LogP contribution in [0.4, 0.5) is 0 Å². The molecule has 0 radical (unpaired) electrons. The van der Waals surface area contributed by atoms with Crippen LogP contribution in [0.25, 0.3) is 5.65 Å². The van der Waals surface area contributed by atoms with Crippen molar-refractivity contribution in [2.45, 2.75) is 26.2 Å². The van der Waals surface area contributed by atoms with E-state index >= 15 is 0 Å². The van der Waals surface area contributed by atoms with E-state index in [-0.39, 0.29) is 0 Å². The van der Waals surface area contributed by atoms with E-state index in [1.165, 1.54) is 4.52 Å². The van der Waals surface area contributed by atoms with Gasteiger partial charge >= 0.3 is 11.9 Å². The number of aromatic nitrogens is 3. The van der Waals surface area contributed by atoms with Crippen LogP contribution < -0.4 is 0 Å². The van der Waals surface area contributed by atoms with Crippen LogP contribution in [0.5, 0.6) is 0 Å². The summed E-state index contributed by atoms with van der Waals surface area (Å²) < 4.78 is 1.39. The Labute approximate surface area is 108 Å². The molecule has 1 atom stereocenters. The molecule has 2 rings (SSSR count). The van der Waals surface area contributed by atoms with Gasteiger partial charge in [0.05, 0.1) is 17.8 Å². The molecule has 2 aromatic heterocycles. The molecule has 1 unspecified atom stereocenters. The molecule has 7 heteroatoms. The maximum atomic E-state index is 11.3. The molecule has 100 valence electrons. The van der Waals surface area contributed by atoms with Gasteiger partial charge in [0, 0.05) is 11.8 Å². The van der Waals surface area contributed by atoms with Gasteiger partial charge in [-0.25, -0.2) is 9.50 Å². The second-order valence-electron chi connectivity index (χ2n) is 4.37. The molecule has 0 amide bonds. The summed E-state index contributed by atoms with van der Waals surface area (Å²) in [6.45, 7) is 3.49. The lowest BCUT2D eigenvalue weighted by atomic mass is 10.0. The first kappa shape index (κ1) is 13.0. The van der Waals surface area contributed by atoms with E-state index in [9.17, 15) is 14.7 Å². The number of carboxylic acid groups (broad SMARTS) is 2. The van der Waals surface area contributed by atoms with Gasteiger partial charge in [-0.05, 0) is 19.9 Å². The minimum Gasteiger partial charge on any atom is -0.481 e. The van der Waals surface area contributed by atoms with Crippen LogP contribution in [0.15, 0.2) is 12.1 Å². The monoisotopic (exact) mass is 263 g/mol. The van der Waals surface area contributed by atoms with Gasteiger partial charge in [0.1, 0.15) is 5.92 Å². The highest BCUT2D eigenvalue weighted by Gasteiger charge is 2.26. The van der Waals surface area contributed by atoms with Gasteiger partial charge in [-0.15, -0.1) is 0 Å². The van der Waals surface area contributed by atoms with E-state index in [1.807, 2.05) is 0 Å². The third-order valence-corrected chi connectivity index (χ3v) is 2.74. The largest absolute Gasteiger partial charge is 0.481 e. The summed E-state index contributed by atoms with van der Waals surface area (Å²) in [7, 11) is 0. The molecular formula is C12H13N3O4. The second kappa shape index (κ2) is 4.68. The lowest BCUT2D eigenvalue weighted by Gasteiger charge is -2.12. The van der Waals surface area contributed by atoms with Crippen molar-refractivity contribution in [1.82, 2.24) is 14.6 Å². The fourth-order valence-electron chi connectivity index (χ4n) is 1.98. The third-order valence-electron chi connectivity index (χ3n) is 2.74. The van der Waals surface area contributed by atoms with Crippen molar-refractivity contribution in [2.24, 2.45) is 0 Å². The highest BCUT2D eigenvalue weighted by Crippen LogP contribution is 2.22. The molecule has 0 aliphatic carbocycles. The standard InChI is InChI=1S/C12H13N3O4/c1-6-3-9(8(12(18)19)5-11(16)17)15-10(13-6)4-7(2)14-15/h3-4,8H,5H2,1-2H3,(H,16,17)(H,18,19). The number of fused-ring (bicyclic) bond motifs is 1. The minimum atomic E-state index is -1.19. The number of aliphatic carboxylic acids is 2. The van der Waals surface area contributed by atoms with Crippen LogP contribution in [0, 0.1) is 13.8 Å². The number of carboxylic acids is 2. The molecule has 2 N–H and O–H groups in total. The summed E-state index contributed by atoms with van der Waals surface area (Å²) in [5.41, 5.74) is 2.16. The van der Waals surface area contributed by atoms with Crippen LogP contribution in [-0.4, -0.2) is 36.7 Å². The first-order chi connectivity index (χ1) is 8.88. The SMILES string of the molecule is Cc1cc(C(CC(=O)O)C(=O)O)n2nc(C)cc2n1. The predicted octanol–water partition coefficient (Wildman–Crippen LogP) is 0.989. The van der Waals surface area contributed by atoms with E-state index in [2.05, 4.69) is 10.1 Å². The van der Waals surface area contributed by atoms with Crippen LogP contribution in [0.3, 0.4) is 0 Å². The number of hydrogen-bond acceptors (Lipinski definition) is 4. The molecule has 0 aromatic carbocycles. The van der Waals surface area contributed by atoms with Gasteiger partial charge < -0.3 is 10.2 Å². The molecule has 19 heavy (non-hydrogen) atoms. The maximum Gasteiger partial charge on any atom is 0.313 e. The predicted molar refractivity (Wildman–Crippen MR) is 65.1 cm³/mol. The quantitative estimate of drug-likeness (QED) is 0.852. The second-order valence-corrected chi connectivity index (χ2v) is 4.37. The first-order valence-electron chi connectivity index (χ1n) is 5.67. The van der Waals surface area contributed by atoms with Crippen LogP contribution in [0.2, 0.25) is 0 Å². The van der Waals surface area contributed by atoms with Crippen molar-refractivity contribution in [3.05, 3.63) is 29.2 Å². The van der Waals surface area contributed by atoms with Gasteiger partial charge in [0.2, 0.25) is 0 Å². The van der Waals surface area contributed by atoms with E-state index < -0.39 is 24.3 Å². The molecule has 0 saturated carbocycles. The van der Waals surface area contributed by atoms with Gasteiger partial charge in [0.15, 0.2) is 5.65 Å². The number of rotatable bonds is 4. The Morgan fingerprint density at radius 2 is 1.95 bits per heavy atom. The fourth-order valence-corrected chi connectivity index (χ4v) is 1.98. The Bertz CT molecular complexity index is 662. The Kier molecular flexibility index (Phi) is 3.20. The Hall–Kier alpha value is -2.44.